The molecule has 0 saturated carbocycles. The molecular weight excluding hydrogens is 308 g/mol. The van der Waals surface area contributed by atoms with Crippen LogP contribution in [0, 0.1) is 0 Å². The molecule has 0 unspecified atom stereocenters. The molecule has 0 radical (unpaired) electrons. The molecular formula is C15H19F2N3O3. The van der Waals surface area contributed by atoms with Crippen LogP contribution >= 0.6 is 0 Å². The molecule has 6 nitrogen and oxygen atoms in total. The summed E-state index contributed by atoms with van der Waals surface area (Å²) in [6, 6.07) is 4.34. The van der Waals surface area contributed by atoms with Gasteiger partial charge in [0.25, 0.3) is 0 Å². The zero-order chi connectivity index (χ0) is 16.8. The minimum Gasteiger partial charge on any atom is -0.435 e. The molecule has 0 aromatic heterocycles. The van der Waals surface area contributed by atoms with Crippen LogP contribution in [0.2, 0.25) is 0 Å². The fraction of sp³-hybridized carbons (Fsp3) is 0.467. The molecule has 1 aromatic rings. The minimum absolute atomic E-state index is 0.00328. The van der Waals surface area contributed by atoms with E-state index in [0.29, 0.717) is 5.69 Å². The van der Waals surface area contributed by atoms with Crippen LogP contribution in [0.3, 0.4) is 0 Å². The molecule has 0 aliphatic carbocycles. The number of amides is 3. The molecule has 1 aliphatic heterocycles. The summed E-state index contributed by atoms with van der Waals surface area (Å²) in [5.41, 5.74) is 0.407. The summed E-state index contributed by atoms with van der Waals surface area (Å²) in [6.45, 7) is 0.171. The van der Waals surface area contributed by atoms with Crippen LogP contribution in [0.15, 0.2) is 24.3 Å². The third kappa shape index (κ3) is 5.08. The van der Waals surface area contributed by atoms with E-state index in [-0.39, 0.29) is 11.7 Å². The van der Waals surface area contributed by atoms with Crippen molar-refractivity contribution < 1.29 is 23.1 Å². The molecule has 8 heteroatoms. The van der Waals surface area contributed by atoms with E-state index < -0.39 is 18.7 Å². The Kier molecular flexibility index (Phi) is 5.72. The van der Waals surface area contributed by atoms with Crippen molar-refractivity contribution in [1.82, 2.24) is 10.2 Å². The first kappa shape index (κ1) is 17.0. The van der Waals surface area contributed by atoms with E-state index in [1.807, 2.05) is 0 Å². The van der Waals surface area contributed by atoms with Gasteiger partial charge in [0.05, 0.1) is 0 Å². The van der Waals surface area contributed by atoms with Crippen molar-refractivity contribution in [2.24, 2.45) is 0 Å². The molecule has 1 atom stereocenters. The molecule has 1 saturated heterocycles. The zero-order valence-electron chi connectivity index (χ0n) is 12.7. The Morgan fingerprint density at radius 3 is 2.35 bits per heavy atom. The van der Waals surface area contributed by atoms with Gasteiger partial charge in [0.2, 0.25) is 5.91 Å². The number of anilines is 1. The summed E-state index contributed by atoms with van der Waals surface area (Å²) in [4.78, 5) is 25.7. The Labute approximate surface area is 132 Å². The molecule has 1 aliphatic rings. The number of hydrogen-bond donors (Lipinski definition) is 2. The Hall–Kier alpha value is -2.38. The largest absolute Gasteiger partial charge is 0.435 e. The lowest BCUT2D eigenvalue weighted by molar-refractivity contribution is -0.131. The third-order valence-electron chi connectivity index (χ3n) is 3.47. The maximum atomic E-state index is 12.1. The van der Waals surface area contributed by atoms with Crippen LogP contribution in [0.1, 0.15) is 19.8 Å². The van der Waals surface area contributed by atoms with Gasteiger partial charge in [-0.3, -0.25) is 4.79 Å². The minimum atomic E-state index is -2.89. The second kappa shape index (κ2) is 7.75. The Morgan fingerprint density at radius 1 is 1.17 bits per heavy atom. The van der Waals surface area contributed by atoms with Gasteiger partial charge in [0, 0.05) is 18.8 Å². The average molecular weight is 327 g/mol. The highest BCUT2D eigenvalue weighted by Gasteiger charge is 2.24. The number of ether oxygens (including phenoxy) is 1. The van der Waals surface area contributed by atoms with Gasteiger partial charge < -0.3 is 20.3 Å². The molecule has 1 aromatic carbocycles. The second-order valence-corrected chi connectivity index (χ2v) is 5.26. The SMILES string of the molecule is C[C@H](NC(=O)Nc1ccc(OC(F)F)cc1)C(=O)N1CCCC1. The number of alkyl halides is 2. The van der Waals surface area contributed by atoms with Crippen molar-refractivity contribution in [2.45, 2.75) is 32.4 Å². The first-order valence-electron chi connectivity index (χ1n) is 7.37. The van der Waals surface area contributed by atoms with Gasteiger partial charge in [-0.05, 0) is 44.0 Å². The molecule has 0 bridgehead atoms. The monoisotopic (exact) mass is 327 g/mol. The molecule has 2 N–H and O–H groups in total. The van der Waals surface area contributed by atoms with Crippen molar-refractivity contribution in [2.75, 3.05) is 18.4 Å². The predicted molar refractivity (Wildman–Crippen MR) is 80.5 cm³/mol. The van der Waals surface area contributed by atoms with E-state index in [1.165, 1.54) is 24.3 Å². The van der Waals surface area contributed by atoms with E-state index >= 15 is 0 Å². The number of nitrogens with one attached hydrogen (secondary N) is 2. The molecule has 1 fully saturated rings. The Bertz CT molecular complexity index is 545. The lowest BCUT2D eigenvalue weighted by Crippen LogP contribution is -2.47. The topological polar surface area (TPSA) is 70.7 Å². The standard InChI is InChI=1S/C15H19F2N3O3/c1-10(13(21)20-8-2-3-9-20)18-15(22)19-11-4-6-12(7-5-11)23-14(16)17/h4-7,10,14H,2-3,8-9H2,1H3,(H2,18,19,22)/t10-/m0/s1. The van der Waals surface area contributed by atoms with Crippen LogP contribution in [0.4, 0.5) is 19.3 Å². The van der Waals surface area contributed by atoms with Crippen molar-refractivity contribution >= 4 is 17.6 Å². The highest BCUT2D eigenvalue weighted by Crippen LogP contribution is 2.17. The molecule has 23 heavy (non-hydrogen) atoms. The first-order chi connectivity index (χ1) is 11.0. The molecule has 2 rings (SSSR count). The van der Waals surface area contributed by atoms with Gasteiger partial charge >= 0.3 is 12.6 Å². The number of likely N-dealkylation sites (tertiary alicyclic amines) is 1. The quantitative estimate of drug-likeness (QED) is 0.872. The third-order valence-corrected chi connectivity index (χ3v) is 3.47. The van der Waals surface area contributed by atoms with Crippen molar-refractivity contribution in [3.63, 3.8) is 0 Å². The van der Waals surface area contributed by atoms with E-state index in [1.54, 1.807) is 11.8 Å². The van der Waals surface area contributed by atoms with Crippen LogP contribution in [0.25, 0.3) is 0 Å². The summed E-state index contributed by atoms with van der Waals surface area (Å²) >= 11 is 0. The maximum Gasteiger partial charge on any atom is 0.387 e. The van der Waals surface area contributed by atoms with Gasteiger partial charge in [-0.25, -0.2) is 4.79 Å². The summed E-state index contributed by atoms with van der Waals surface area (Å²) in [5.74, 6) is -0.109. The van der Waals surface area contributed by atoms with Crippen molar-refractivity contribution in [1.29, 1.82) is 0 Å². The van der Waals surface area contributed by atoms with Gasteiger partial charge in [-0.2, -0.15) is 8.78 Å². The molecule has 1 heterocycles. The van der Waals surface area contributed by atoms with Crippen LogP contribution < -0.4 is 15.4 Å². The summed E-state index contributed by atoms with van der Waals surface area (Å²) in [6.07, 6.45) is 1.97. The van der Waals surface area contributed by atoms with Gasteiger partial charge in [-0.1, -0.05) is 0 Å². The van der Waals surface area contributed by atoms with Crippen molar-refractivity contribution in [3.05, 3.63) is 24.3 Å². The average Bonchev–Trinajstić information content (AvgIpc) is 3.02. The number of nitrogens with zero attached hydrogens (tertiary/aromatic N) is 1. The van der Waals surface area contributed by atoms with Crippen LogP contribution in [-0.2, 0) is 4.79 Å². The zero-order valence-corrected chi connectivity index (χ0v) is 12.7. The first-order valence-corrected chi connectivity index (χ1v) is 7.37. The van der Waals surface area contributed by atoms with Crippen LogP contribution in [-0.4, -0.2) is 42.6 Å². The number of benzene rings is 1. The van der Waals surface area contributed by atoms with E-state index in [2.05, 4.69) is 15.4 Å². The Morgan fingerprint density at radius 2 is 1.78 bits per heavy atom. The molecule has 126 valence electrons. The summed E-state index contributed by atoms with van der Waals surface area (Å²) < 4.78 is 28.3. The lowest BCUT2D eigenvalue weighted by atomic mass is 10.3. The fourth-order valence-corrected chi connectivity index (χ4v) is 2.36. The number of carbonyl (C=O) groups excluding carboxylic acids is 2. The number of carbonyl (C=O) groups is 2. The molecule has 3 amide bonds. The van der Waals surface area contributed by atoms with Crippen molar-refractivity contribution in [3.8, 4) is 5.75 Å². The Balaban J connectivity index is 1.82. The highest BCUT2D eigenvalue weighted by atomic mass is 19.3. The summed E-state index contributed by atoms with van der Waals surface area (Å²) in [5, 5.41) is 5.09. The highest BCUT2D eigenvalue weighted by molar-refractivity contribution is 5.93. The number of rotatable bonds is 5. The summed E-state index contributed by atoms with van der Waals surface area (Å²) in [7, 11) is 0. The smallest absolute Gasteiger partial charge is 0.387 e. The van der Waals surface area contributed by atoms with Crippen LogP contribution in [0.5, 0.6) is 5.75 Å². The normalized spacial score (nSPS) is 15.4. The second-order valence-electron chi connectivity index (χ2n) is 5.26. The van der Waals surface area contributed by atoms with E-state index in [4.69, 9.17) is 0 Å². The van der Waals surface area contributed by atoms with Gasteiger partial charge in [-0.15, -0.1) is 0 Å². The number of halogens is 2. The predicted octanol–water partition coefficient (Wildman–Crippen LogP) is 2.42. The maximum absolute atomic E-state index is 12.1. The number of hydrogen-bond acceptors (Lipinski definition) is 3. The van der Waals surface area contributed by atoms with E-state index in [0.717, 1.165) is 25.9 Å². The molecule has 0 spiro atoms. The number of urea groups is 1. The fourth-order valence-electron chi connectivity index (χ4n) is 2.36. The van der Waals surface area contributed by atoms with E-state index in [9.17, 15) is 18.4 Å². The van der Waals surface area contributed by atoms with Gasteiger partial charge in [0.15, 0.2) is 0 Å². The lowest BCUT2D eigenvalue weighted by Gasteiger charge is -2.21. The van der Waals surface area contributed by atoms with Gasteiger partial charge in [0.1, 0.15) is 11.8 Å².